The van der Waals surface area contributed by atoms with Crippen LogP contribution in [-0.2, 0) is 13.1 Å². The molecule has 1 aliphatic heterocycles. The van der Waals surface area contributed by atoms with Crippen LogP contribution in [0.4, 0.5) is 4.39 Å². The van der Waals surface area contributed by atoms with Crippen LogP contribution in [0.1, 0.15) is 11.3 Å². The summed E-state index contributed by atoms with van der Waals surface area (Å²) in [5, 5.41) is 3.09. The summed E-state index contributed by atoms with van der Waals surface area (Å²) < 4.78 is 12.4. The second kappa shape index (κ2) is 2.02. The standard InChI is InChI=1S/C7H7FN2/c8-7-2-1-5-3-9-4-6(5)10-7/h1-2,9H,3-4H2. The van der Waals surface area contributed by atoms with Crippen LogP contribution < -0.4 is 5.32 Å². The number of aromatic nitrogens is 1. The van der Waals surface area contributed by atoms with E-state index in [9.17, 15) is 4.39 Å². The van der Waals surface area contributed by atoms with Crippen LogP contribution in [0.5, 0.6) is 0 Å². The molecule has 0 saturated heterocycles. The summed E-state index contributed by atoms with van der Waals surface area (Å²) in [6.45, 7) is 1.52. The lowest BCUT2D eigenvalue weighted by atomic mass is 10.2. The number of fused-ring (bicyclic) bond motifs is 1. The Labute approximate surface area is 58.1 Å². The lowest BCUT2D eigenvalue weighted by Gasteiger charge is -1.93. The molecular formula is C7H7FN2. The number of rotatable bonds is 0. The van der Waals surface area contributed by atoms with Crippen molar-refractivity contribution in [1.29, 1.82) is 0 Å². The van der Waals surface area contributed by atoms with Crippen molar-refractivity contribution >= 4 is 0 Å². The third-order valence-corrected chi connectivity index (χ3v) is 1.64. The first kappa shape index (κ1) is 5.80. The van der Waals surface area contributed by atoms with Gasteiger partial charge in [0.25, 0.3) is 0 Å². The number of hydrogen-bond acceptors (Lipinski definition) is 2. The zero-order valence-corrected chi connectivity index (χ0v) is 5.39. The molecule has 1 aromatic heterocycles. The van der Waals surface area contributed by atoms with Gasteiger partial charge in [-0.15, -0.1) is 0 Å². The molecule has 52 valence electrons. The highest BCUT2D eigenvalue weighted by molar-refractivity contribution is 5.23. The predicted molar refractivity (Wildman–Crippen MR) is 34.7 cm³/mol. The molecule has 0 fully saturated rings. The number of hydrogen-bond donors (Lipinski definition) is 1. The Morgan fingerprint density at radius 3 is 3.20 bits per heavy atom. The number of nitrogens with zero attached hydrogens (tertiary/aromatic N) is 1. The van der Waals surface area contributed by atoms with Gasteiger partial charge in [-0.1, -0.05) is 6.07 Å². The molecule has 1 N–H and O–H groups in total. The van der Waals surface area contributed by atoms with Crippen molar-refractivity contribution in [3.05, 3.63) is 29.3 Å². The van der Waals surface area contributed by atoms with Crippen LogP contribution in [0.15, 0.2) is 12.1 Å². The zero-order chi connectivity index (χ0) is 6.97. The Balaban J connectivity index is 2.52. The topological polar surface area (TPSA) is 24.9 Å². The summed E-state index contributed by atoms with van der Waals surface area (Å²) in [4.78, 5) is 3.72. The average Bonchev–Trinajstić information content (AvgIpc) is 2.33. The van der Waals surface area contributed by atoms with Crippen molar-refractivity contribution in [2.75, 3.05) is 0 Å². The average molecular weight is 138 g/mol. The van der Waals surface area contributed by atoms with E-state index in [1.807, 2.05) is 0 Å². The van der Waals surface area contributed by atoms with Gasteiger partial charge in [-0.25, -0.2) is 4.98 Å². The second-order valence-corrected chi connectivity index (χ2v) is 2.34. The Morgan fingerprint density at radius 2 is 2.30 bits per heavy atom. The Kier molecular flexibility index (Phi) is 1.17. The van der Waals surface area contributed by atoms with Crippen LogP contribution in [0.25, 0.3) is 0 Å². The van der Waals surface area contributed by atoms with Crippen molar-refractivity contribution in [2.24, 2.45) is 0 Å². The van der Waals surface area contributed by atoms with Crippen molar-refractivity contribution in [3.63, 3.8) is 0 Å². The van der Waals surface area contributed by atoms with Crippen molar-refractivity contribution in [3.8, 4) is 0 Å². The molecule has 10 heavy (non-hydrogen) atoms. The molecule has 0 saturated carbocycles. The Bertz CT molecular complexity index is 260. The molecule has 2 heterocycles. The minimum atomic E-state index is -0.387. The first-order valence-corrected chi connectivity index (χ1v) is 3.21. The largest absolute Gasteiger partial charge is 0.307 e. The first-order valence-electron chi connectivity index (χ1n) is 3.21. The first-order chi connectivity index (χ1) is 4.86. The van der Waals surface area contributed by atoms with E-state index in [-0.39, 0.29) is 5.95 Å². The van der Waals surface area contributed by atoms with Gasteiger partial charge < -0.3 is 5.32 Å². The fraction of sp³-hybridized carbons (Fsp3) is 0.286. The number of nitrogens with one attached hydrogen (secondary N) is 1. The summed E-state index contributed by atoms with van der Waals surface area (Å²) in [6.07, 6.45) is 0. The van der Waals surface area contributed by atoms with E-state index in [2.05, 4.69) is 10.3 Å². The van der Waals surface area contributed by atoms with Gasteiger partial charge in [0.2, 0.25) is 5.95 Å². The quantitative estimate of drug-likeness (QED) is 0.537. The van der Waals surface area contributed by atoms with E-state index in [0.717, 1.165) is 17.8 Å². The maximum Gasteiger partial charge on any atom is 0.213 e. The molecule has 0 amide bonds. The van der Waals surface area contributed by atoms with Gasteiger partial charge in [0.05, 0.1) is 5.69 Å². The van der Waals surface area contributed by atoms with Crippen molar-refractivity contribution in [2.45, 2.75) is 13.1 Å². The summed E-state index contributed by atoms with van der Waals surface area (Å²) in [5.74, 6) is -0.387. The third-order valence-electron chi connectivity index (χ3n) is 1.64. The fourth-order valence-electron chi connectivity index (χ4n) is 1.13. The molecule has 2 nitrogen and oxygen atoms in total. The third kappa shape index (κ3) is 0.789. The van der Waals surface area contributed by atoms with E-state index in [0.29, 0.717) is 6.54 Å². The smallest absolute Gasteiger partial charge is 0.213 e. The van der Waals surface area contributed by atoms with Crippen LogP contribution >= 0.6 is 0 Å². The SMILES string of the molecule is Fc1ccc2c(n1)CNC2. The van der Waals surface area contributed by atoms with E-state index in [1.165, 1.54) is 6.07 Å². The zero-order valence-electron chi connectivity index (χ0n) is 5.39. The van der Waals surface area contributed by atoms with Crippen molar-refractivity contribution in [1.82, 2.24) is 10.3 Å². The molecule has 1 aromatic rings. The van der Waals surface area contributed by atoms with Gasteiger partial charge in [0.1, 0.15) is 0 Å². The minimum absolute atomic E-state index is 0.387. The minimum Gasteiger partial charge on any atom is -0.307 e. The van der Waals surface area contributed by atoms with E-state index in [4.69, 9.17) is 0 Å². The summed E-state index contributed by atoms with van der Waals surface area (Å²) in [5.41, 5.74) is 1.96. The van der Waals surface area contributed by atoms with Gasteiger partial charge >= 0.3 is 0 Å². The highest BCUT2D eigenvalue weighted by atomic mass is 19.1. The van der Waals surface area contributed by atoms with Crippen LogP contribution in [0.2, 0.25) is 0 Å². The Morgan fingerprint density at radius 1 is 1.40 bits per heavy atom. The maximum absolute atomic E-state index is 12.4. The molecule has 0 aromatic carbocycles. The fourth-order valence-corrected chi connectivity index (χ4v) is 1.13. The van der Waals surface area contributed by atoms with Gasteiger partial charge in [-0.05, 0) is 11.6 Å². The summed E-state index contributed by atoms with van der Waals surface area (Å²) >= 11 is 0. The highest BCUT2D eigenvalue weighted by Gasteiger charge is 2.10. The molecule has 1 aliphatic rings. The molecule has 0 atom stereocenters. The monoisotopic (exact) mass is 138 g/mol. The molecule has 3 heteroatoms. The highest BCUT2D eigenvalue weighted by Crippen LogP contribution is 2.11. The Hall–Kier alpha value is -0.960. The number of pyridine rings is 1. The lowest BCUT2D eigenvalue weighted by molar-refractivity contribution is 0.577. The normalized spacial score (nSPS) is 15.3. The maximum atomic E-state index is 12.4. The van der Waals surface area contributed by atoms with E-state index < -0.39 is 0 Å². The van der Waals surface area contributed by atoms with E-state index >= 15 is 0 Å². The molecule has 0 unspecified atom stereocenters. The van der Waals surface area contributed by atoms with Gasteiger partial charge in [-0.3, -0.25) is 0 Å². The van der Waals surface area contributed by atoms with E-state index in [1.54, 1.807) is 6.07 Å². The molecular weight excluding hydrogens is 131 g/mol. The second-order valence-electron chi connectivity index (χ2n) is 2.34. The molecule has 0 aliphatic carbocycles. The lowest BCUT2D eigenvalue weighted by Crippen LogP contribution is -2.00. The predicted octanol–water partition coefficient (Wildman–Crippen LogP) is 0.824. The van der Waals surface area contributed by atoms with Crippen molar-refractivity contribution < 1.29 is 4.39 Å². The molecule has 2 rings (SSSR count). The van der Waals surface area contributed by atoms with Gasteiger partial charge in [0, 0.05) is 13.1 Å². The van der Waals surface area contributed by atoms with Gasteiger partial charge in [0.15, 0.2) is 0 Å². The van der Waals surface area contributed by atoms with Crippen LogP contribution in [0, 0.1) is 5.95 Å². The van der Waals surface area contributed by atoms with Crippen LogP contribution in [0.3, 0.4) is 0 Å². The summed E-state index contributed by atoms with van der Waals surface area (Å²) in [6, 6.07) is 3.17. The molecule has 0 radical (unpaired) electrons. The number of halogens is 1. The van der Waals surface area contributed by atoms with Gasteiger partial charge in [-0.2, -0.15) is 4.39 Å². The summed E-state index contributed by atoms with van der Waals surface area (Å²) in [7, 11) is 0. The molecule has 0 bridgehead atoms. The molecule has 0 spiro atoms. The van der Waals surface area contributed by atoms with Crippen LogP contribution in [-0.4, -0.2) is 4.98 Å².